The predicted octanol–water partition coefficient (Wildman–Crippen LogP) is 5.34. The van der Waals surface area contributed by atoms with Crippen LogP contribution < -0.4 is 0 Å². The number of nitrogens with zero attached hydrogens (tertiary/aromatic N) is 5. The molecule has 0 aliphatic rings. The first-order valence-electron chi connectivity index (χ1n) is 7.81. The van der Waals surface area contributed by atoms with Crippen molar-refractivity contribution in [3.8, 4) is 29.0 Å². The number of aryl methyl sites for hydroxylation is 1. The molecule has 31 heavy (non-hydrogen) atoms. The number of rotatable bonds is 3. The lowest BCUT2D eigenvalue weighted by molar-refractivity contribution is -0.292. The highest BCUT2D eigenvalue weighted by atomic mass is 35.5. The Morgan fingerprint density at radius 1 is 1.10 bits per heavy atom. The lowest BCUT2D eigenvalue weighted by atomic mass is 10.1. The van der Waals surface area contributed by atoms with E-state index in [0.717, 1.165) is 6.07 Å². The molecule has 0 spiro atoms. The van der Waals surface area contributed by atoms with Gasteiger partial charge >= 0.3 is 18.3 Å². The molecule has 0 N–H and O–H groups in total. The minimum absolute atomic E-state index is 0.0382. The Hall–Kier alpha value is -3.21. The fourth-order valence-electron chi connectivity index (χ4n) is 2.58. The summed E-state index contributed by atoms with van der Waals surface area (Å²) < 4.78 is 111. The largest absolute Gasteiger partial charge is 0.459 e. The van der Waals surface area contributed by atoms with Crippen LogP contribution in [-0.2, 0) is 19.1 Å². The summed E-state index contributed by atoms with van der Waals surface area (Å²) in [5.41, 5.74) is -6.18. The first-order valence-corrected chi connectivity index (χ1v) is 8.19. The Bertz CT molecular complexity index is 1190. The van der Waals surface area contributed by atoms with Gasteiger partial charge in [0.05, 0.1) is 10.6 Å². The van der Waals surface area contributed by atoms with E-state index in [1.54, 1.807) is 6.07 Å². The molecule has 3 aromatic rings. The maximum absolute atomic E-state index is 13.7. The molecule has 2 heterocycles. The van der Waals surface area contributed by atoms with E-state index in [2.05, 4.69) is 15.2 Å². The third-order valence-corrected chi connectivity index (χ3v) is 4.29. The maximum atomic E-state index is 13.7. The lowest BCUT2D eigenvalue weighted by Crippen LogP contribution is -2.36. The van der Waals surface area contributed by atoms with Crippen molar-refractivity contribution in [2.24, 2.45) is 7.05 Å². The second kappa shape index (κ2) is 7.19. The molecule has 0 fully saturated rings. The van der Waals surface area contributed by atoms with E-state index in [0.29, 0.717) is 7.05 Å². The van der Waals surface area contributed by atoms with Crippen LogP contribution in [0.15, 0.2) is 22.7 Å². The average Bonchev–Trinajstić information content (AvgIpc) is 3.25. The molecular weight excluding hydrogens is 466 g/mol. The Labute approximate surface area is 171 Å². The zero-order valence-electron chi connectivity index (χ0n) is 14.8. The summed E-state index contributed by atoms with van der Waals surface area (Å²) in [6.45, 7) is 0. The van der Waals surface area contributed by atoms with Crippen molar-refractivity contribution in [2.75, 3.05) is 0 Å². The molecule has 0 saturated carbocycles. The van der Waals surface area contributed by atoms with Crippen LogP contribution in [0.1, 0.15) is 16.8 Å². The molecule has 0 saturated heterocycles. The van der Waals surface area contributed by atoms with Gasteiger partial charge in [0.1, 0.15) is 17.3 Å². The van der Waals surface area contributed by atoms with Crippen LogP contribution in [0, 0.1) is 11.3 Å². The highest BCUT2D eigenvalue weighted by molar-refractivity contribution is 6.31. The van der Waals surface area contributed by atoms with Gasteiger partial charge in [-0.2, -0.15) is 50.5 Å². The van der Waals surface area contributed by atoms with Crippen molar-refractivity contribution >= 4 is 11.6 Å². The molecule has 0 aliphatic heterocycles. The number of aromatic nitrogens is 4. The standard InChI is InChI=1S/C16H6ClF8N5O/c1-30-10(9(15(20,21)22)11(28-30)14(18,19)16(23,24)25)12-27-13(31-29-12)6-2-3-8(17)7(4-6)5-26/h2-4H,1H3. The van der Waals surface area contributed by atoms with Gasteiger partial charge in [-0.25, -0.2) is 0 Å². The van der Waals surface area contributed by atoms with Gasteiger partial charge in [-0.3, -0.25) is 4.68 Å². The van der Waals surface area contributed by atoms with Crippen LogP contribution in [0.5, 0.6) is 0 Å². The van der Waals surface area contributed by atoms with E-state index < -0.39 is 46.9 Å². The van der Waals surface area contributed by atoms with E-state index in [9.17, 15) is 35.1 Å². The van der Waals surface area contributed by atoms with Crippen molar-refractivity contribution in [3.63, 3.8) is 0 Å². The fourth-order valence-corrected chi connectivity index (χ4v) is 2.74. The molecule has 3 rings (SSSR count). The van der Waals surface area contributed by atoms with Crippen molar-refractivity contribution in [1.82, 2.24) is 19.9 Å². The second-order valence-corrected chi connectivity index (χ2v) is 6.40. The van der Waals surface area contributed by atoms with Gasteiger partial charge in [0.25, 0.3) is 5.89 Å². The smallest absolute Gasteiger partial charge is 0.334 e. The van der Waals surface area contributed by atoms with E-state index in [4.69, 9.17) is 21.4 Å². The minimum Gasteiger partial charge on any atom is -0.334 e. The van der Waals surface area contributed by atoms with Gasteiger partial charge in [-0.15, -0.1) is 0 Å². The number of alkyl halides is 8. The summed E-state index contributed by atoms with van der Waals surface area (Å²) in [5, 5.41) is 15.0. The Morgan fingerprint density at radius 2 is 1.74 bits per heavy atom. The Morgan fingerprint density at radius 3 is 2.29 bits per heavy atom. The molecule has 6 nitrogen and oxygen atoms in total. The fraction of sp³-hybridized carbons (Fsp3) is 0.250. The summed E-state index contributed by atoms with van der Waals surface area (Å²) in [6, 6.07) is 5.44. The number of halogens is 9. The van der Waals surface area contributed by atoms with Gasteiger partial charge in [-0.1, -0.05) is 16.8 Å². The van der Waals surface area contributed by atoms with E-state index in [-0.39, 0.29) is 20.8 Å². The quantitative estimate of drug-likeness (QED) is 0.482. The van der Waals surface area contributed by atoms with Crippen molar-refractivity contribution < 1.29 is 39.6 Å². The molecule has 1 aromatic carbocycles. The van der Waals surface area contributed by atoms with Gasteiger partial charge < -0.3 is 4.52 Å². The molecule has 0 unspecified atom stereocenters. The maximum Gasteiger partial charge on any atom is 0.459 e. The third-order valence-electron chi connectivity index (χ3n) is 3.96. The molecule has 0 atom stereocenters. The number of hydrogen-bond acceptors (Lipinski definition) is 5. The molecule has 15 heteroatoms. The zero-order valence-corrected chi connectivity index (χ0v) is 15.5. The van der Waals surface area contributed by atoms with E-state index in [1.807, 2.05) is 0 Å². The van der Waals surface area contributed by atoms with Crippen LogP contribution in [0.3, 0.4) is 0 Å². The van der Waals surface area contributed by atoms with Crippen LogP contribution in [0.4, 0.5) is 35.1 Å². The summed E-state index contributed by atoms with van der Waals surface area (Å²) in [4.78, 5) is 3.63. The summed E-state index contributed by atoms with van der Waals surface area (Å²) in [6.07, 6.45) is -12.0. The number of benzene rings is 1. The zero-order chi connectivity index (χ0) is 23.4. The SMILES string of the molecule is Cn1nc(C(F)(F)C(F)(F)F)c(C(F)(F)F)c1-c1noc(-c2ccc(Cl)c(C#N)c2)n1. The first-order chi connectivity index (χ1) is 14.2. The van der Waals surface area contributed by atoms with Crippen LogP contribution in [0.2, 0.25) is 5.02 Å². The molecule has 0 bridgehead atoms. The molecule has 2 aromatic heterocycles. The van der Waals surface area contributed by atoms with Gasteiger partial charge in [0, 0.05) is 12.6 Å². The molecule has 0 aliphatic carbocycles. The van der Waals surface area contributed by atoms with Crippen molar-refractivity contribution in [2.45, 2.75) is 18.3 Å². The minimum atomic E-state index is -6.34. The van der Waals surface area contributed by atoms with Gasteiger partial charge in [-0.05, 0) is 18.2 Å². The van der Waals surface area contributed by atoms with Crippen LogP contribution >= 0.6 is 11.6 Å². The van der Waals surface area contributed by atoms with Gasteiger partial charge in [0.15, 0.2) is 5.69 Å². The van der Waals surface area contributed by atoms with Crippen LogP contribution in [-0.4, -0.2) is 26.1 Å². The van der Waals surface area contributed by atoms with E-state index in [1.165, 1.54) is 12.1 Å². The Kier molecular flexibility index (Phi) is 5.21. The highest BCUT2D eigenvalue weighted by Crippen LogP contribution is 2.50. The average molecular weight is 472 g/mol. The van der Waals surface area contributed by atoms with Crippen molar-refractivity contribution in [3.05, 3.63) is 40.0 Å². The Balaban J connectivity index is 2.21. The summed E-state index contributed by atoms with van der Waals surface area (Å²) >= 11 is 5.77. The molecular formula is C16H6ClF8N5O. The second-order valence-electron chi connectivity index (χ2n) is 6.00. The normalized spacial score (nSPS) is 12.8. The molecule has 0 amide bonds. The van der Waals surface area contributed by atoms with Gasteiger partial charge in [0.2, 0.25) is 5.82 Å². The molecule has 0 radical (unpaired) electrons. The monoisotopic (exact) mass is 471 g/mol. The van der Waals surface area contributed by atoms with Crippen molar-refractivity contribution in [1.29, 1.82) is 5.26 Å². The topological polar surface area (TPSA) is 80.5 Å². The highest BCUT2D eigenvalue weighted by Gasteiger charge is 2.64. The molecule has 164 valence electrons. The number of nitriles is 1. The lowest BCUT2D eigenvalue weighted by Gasteiger charge is -2.19. The third kappa shape index (κ3) is 3.80. The van der Waals surface area contributed by atoms with Crippen LogP contribution in [0.25, 0.3) is 23.0 Å². The summed E-state index contributed by atoms with van der Waals surface area (Å²) in [7, 11) is 0.715. The first kappa shape index (κ1) is 22.5. The number of hydrogen-bond donors (Lipinski definition) is 0. The van der Waals surface area contributed by atoms with E-state index >= 15 is 0 Å². The summed E-state index contributed by atoms with van der Waals surface area (Å²) in [5.74, 6) is -7.30. The predicted molar refractivity (Wildman–Crippen MR) is 86.6 cm³/mol.